The van der Waals surface area contributed by atoms with Gasteiger partial charge in [-0.3, -0.25) is 0 Å². The summed E-state index contributed by atoms with van der Waals surface area (Å²) in [5, 5.41) is 19.4. The van der Waals surface area contributed by atoms with E-state index in [1.165, 1.54) is 32.1 Å². The molecule has 1 atom stereocenters. The van der Waals surface area contributed by atoms with Gasteiger partial charge >= 0.3 is 0 Å². The van der Waals surface area contributed by atoms with Crippen LogP contribution in [0.25, 0.3) is 0 Å². The fourth-order valence-electron chi connectivity index (χ4n) is 1.51. The molecule has 17 heavy (non-hydrogen) atoms. The monoisotopic (exact) mass is 239 g/mol. The summed E-state index contributed by atoms with van der Waals surface area (Å²) < 4.78 is 0. The third-order valence-electron chi connectivity index (χ3n) is 2.55. The zero-order valence-corrected chi connectivity index (χ0v) is 10.7. The van der Waals surface area contributed by atoms with E-state index in [1.54, 1.807) is 0 Å². The summed E-state index contributed by atoms with van der Waals surface area (Å²) in [7, 11) is 0. The Labute approximate surface area is 104 Å². The van der Waals surface area contributed by atoms with E-state index >= 15 is 0 Å². The van der Waals surface area contributed by atoms with Gasteiger partial charge in [0, 0.05) is 12.4 Å². The molecule has 3 nitrogen and oxygen atoms in total. The standard InChI is InChI=1S/C14H24O3/c1-2-3-4-5-6-7-8-9-10-13(15)11-12-14(16)17/h13,15H,2-8,11-12H2,1H3,(H,16,17)/p-1. The van der Waals surface area contributed by atoms with Crippen LogP contribution in [0.5, 0.6) is 0 Å². The highest BCUT2D eigenvalue weighted by molar-refractivity contribution is 5.64. The normalized spacial score (nSPS) is 11.6. The predicted molar refractivity (Wildman–Crippen MR) is 66.0 cm³/mol. The average molecular weight is 239 g/mol. The molecule has 0 saturated heterocycles. The molecule has 0 rings (SSSR count). The first-order valence-electron chi connectivity index (χ1n) is 6.53. The number of aliphatic hydroxyl groups excluding tert-OH is 1. The largest absolute Gasteiger partial charge is 0.550 e. The van der Waals surface area contributed by atoms with Crippen LogP contribution in [0.2, 0.25) is 0 Å². The lowest BCUT2D eigenvalue weighted by atomic mass is 10.1. The summed E-state index contributed by atoms with van der Waals surface area (Å²) in [4.78, 5) is 10.1. The first-order chi connectivity index (χ1) is 8.16. The highest BCUT2D eigenvalue weighted by Gasteiger charge is 1.98. The number of carboxylic acids is 1. The maximum absolute atomic E-state index is 10.1. The van der Waals surface area contributed by atoms with Crippen molar-refractivity contribution >= 4 is 5.97 Å². The Bertz CT molecular complexity index is 250. The van der Waals surface area contributed by atoms with Crippen LogP contribution < -0.4 is 5.11 Å². The summed E-state index contributed by atoms with van der Waals surface area (Å²) in [5.74, 6) is 4.40. The Balaban J connectivity index is 3.37. The smallest absolute Gasteiger partial charge is 0.115 e. The van der Waals surface area contributed by atoms with E-state index in [0.29, 0.717) is 0 Å². The lowest BCUT2D eigenvalue weighted by Gasteiger charge is -2.03. The van der Waals surface area contributed by atoms with E-state index in [4.69, 9.17) is 0 Å². The van der Waals surface area contributed by atoms with Crippen molar-refractivity contribution in [3.05, 3.63) is 0 Å². The number of carbonyl (C=O) groups is 1. The van der Waals surface area contributed by atoms with Gasteiger partial charge in [-0.1, -0.05) is 44.9 Å². The molecule has 0 radical (unpaired) electrons. The molecule has 0 aliphatic rings. The molecule has 0 heterocycles. The van der Waals surface area contributed by atoms with Crippen molar-refractivity contribution < 1.29 is 15.0 Å². The number of hydrogen-bond acceptors (Lipinski definition) is 3. The van der Waals surface area contributed by atoms with Crippen LogP contribution in [-0.2, 0) is 4.79 Å². The second-order valence-corrected chi connectivity index (χ2v) is 4.27. The van der Waals surface area contributed by atoms with Crippen LogP contribution in [-0.4, -0.2) is 17.2 Å². The third-order valence-corrected chi connectivity index (χ3v) is 2.55. The molecule has 0 aliphatic carbocycles. The number of carboxylic acid groups (broad SMARTS) is 1. The number of hydrogen-bond donors (Lipinski definition) is 1. The molecule has 0 spiro atoms. The molecule has 1 N–H and O–H groups in total. The Hall–Kier alpha value is -1.01. The van der Waals surface area contributed by atoms with Crippen LogP contribution in [0.3, 0.4) is 0 Å². The minimum Gasteiger partial charge on any atom is -0.550 e. The van der Waals surface area contributed by atoms with Crippen LogP contribution in [0, 0.1) is 11.8 Å². The van der Waals surface area contributed by atoms with Crippen LogP contribution in [0.1, 0.15) is 64.7 Å². The van der Waals surface area contributed by atoms with Crippen molar-refractivity contribution in [2.45, 2.75) is 70.8 Å². The SMILES string of the molecule is CCCCCCCCC#CC(O)CCC(=O)[O-]. The van der Waals surface area contributed by atoms with Crippen molar-refractivity contribution in [2.24, 2.45) is 0 Å². The lowest BCUT2D eigenvalue weighted by molar-refractivity contribution is -0.306. The molecule has 0 saturated carbocycles. The lowest BCUT2D eigenvalue weighted by Crippen LogP contribution is -2.23. The fourth-order valence-corrected chi connectivity index (χ4v) is 1.51. The van der Waals surface area contributed by atoms with Gasteiger partial charge in [0.25, 0.3) is 0 Å². The molecule has 0 fully saturated rings. The number of aliphatic hydroxyl groups is 1. The topological polar surface area (TPSA) is 60.4 Å². The van der Waals surface area contributed by atoms with E-state index in [0.717, 1.165) is 12.8 Å². The molecular weight excluding hydrogens is 216 g/mol. The van der Waals surface area contributed by atoms with E-state index < -0.39 is 12.1 Å². The van der Waals surface area contributed by atoms with Crippen molar-refractivity contribution in [3.8, 4) is 11.8 Å². The van der Waals surface area contributed by atoms with Crippen LogP contribution >= 0.6 is 0 Å². The Morgan fingerprint density at radius 1 is 1.24 bits per heavy atom. The van der Waals surface area contributed by atoms with E-state index in [9.17, 15) is 15.0 Å². The third kappa shape index (κ3) is 12.9. The number of carbonyl (C=O) groups excluding carboxylic acids is 1. The average Bonchev–Trinajstić information content (AvgIpc) is 2.30. The van der Waals surface area contributed by atoms with Crippen molar-refractivity contribution in [3.63, 3.8) is 0 Å². The highest BCUT2D eigenvalue weighted by Crippen LogP contribution is 2.06. The summed E-state index contributed by atoms with van der Waals surface area (Å²) in [5.41, 5.74) is 0. The molecule has 3 heteroatoms. The highest BCUT2D eigenvalue weighted by atomic mass is 16.4. The van der Waals surface area contributed by atoms with Gasteiger partial charge in [-0.2, -0.15) is 0 Å². The molecule has 0 aromatic heterocycles. The fraction of sp³-hybridized carbons (Fsp3) is 0.786. The second kappa shape index (κ2) is 11.5. The summed E-state index contributed by atoms with van der Waals surface area (Å²) in [6.45, 7) is 2.19. The van der Waals surface area contributed by atoms with Gasteiger partial charge in [-0.25, -0.2) is 0 Å². The summed E-state index contributed by atoms with van der Waals surface area (Å²) >= 11 is 0. The van der Waals surface area contributed by atoms with Gasteiger partial charge in [0.05, 0.1) is 0 Å². The zero-order valence-electron chi connectivity index (χ0n) is 10.7. The van der Waals surface area contributed by atoms with E-state index in [2.05, 4.69) is 18.8 Å². The first kappa shape index (κ1) is 16.0. The quantitative estimate of drug-likeness (QED) is 0.491. The molecule has 0 aromatic carbocycles. The van der Waals surface area contributed by atoms with Crippen molar-refractivity contribution in [2.75, 3.05) is 0 Å². The van der Waals surface area contributed by atoms with Crippen LogP contribution in [0.4, 0.5) is 0 Å². The van der Waals surface area contributed by atoms with Gasteiger partial charge < -0.3 is 15.0 Å². The number of unbranched alkanes of at least 4 members (excludes halogenated alkanes) is 6. The van der Waals surface area contributed by atoms with E-state index in [1.807, 2.05) is 0 Å². The molecule has 0 bridgehead atoms. The maximum Gasteiger partial charge on any atom is 0.115 e. The van der Waals surface area contributed by atoms with Crippen molar-refractivity contribution in [1.29, 1.82) is 0 Å². The van der Waals surface area contributed by atoms with Gasteiger partial charge in [0.15, 0.2) is 0 Å². The summed E-state index contributed by atoms with van der Waals surface area (Å²) in [6.07, 6.45) is 7.33. The molecule has 0 aromatic rings. The van der Waals surface area contributed by atoms with E-state index in [-0.39, 0.29) is 12.8 Å². The number of aliphatic carboxylic acids is 1. The van der Waals surface area contributed by atoms with Gasteiger partial charge in [-0.15, -0.1) is 5.92 Å². The first-order valence-corrected chi connectivity index (χ1v) is 6.53. The molecule has 0 aliphatic heterocycles. The minimum absolute atomic E-state index is 0.132. The van der Waals surface area contributed by atoms with Crippen LogP contribution in [0.15, 0.2) is 0 Å². The Kier molecular flexibility index (Phi) is 10.8. The number of rotatable bonds is 9. The van der Waals surface area contributed by atoms with Crippen molar-refractivity contribution in [1.82, 2.24) is 0 Å². The summed E-state index contributed by atoms with van der Waals surface area (Å²) in [6, 6.07) is 0. The Morgan fingerprint density at radius 2 is 1.88 bits per heavy atom. The maximum atomic E-state index is 10.1. The Morgan fingerprint density at radius 3 is 2.53 bits per heavy atom. The minimum atomic E-state index is -1.14. The molecular formula is C14H23O3-. The van der Waals surface area contributed by atoms with Gasteiger partial charge in [-0.05, 0) is 19.3 Å². The zero-order chi connectivity index (χ0) is 12.9. The molecule has 0 amide bonds. The molecule has 1 unspecified atom stereocenters. The van der Waals surface area contributed by atoms with Gasteiger partial charge in [0.2, 0.25) is 0 Å². The van der Waals surface area contributed by atoms with Gasteiger partial charge in [0.1, 0.15) is 6.10 Å². The second-order valence-electron chi connectivity index (χ2n) is 4.27. The predicted octanol–water partition coefficient (Wildman–Crippen LogP) is 1.63. The molecule has 98 valence electrons.